The lowest BCUT2D eigenvalue weighted by atomic mass is 9.59. The van der Waals surface area contributed by atoms with E-state index < -0.39 is 48.0 Å². The topological polar surface area (TPSA) is 125 Å². The third-order valence-corrected chi connectivity index (χ3v) is 6.49. The molecule has 8 heteroatoms. The van der Waals surface area contributed by atoms with Crippen LogP contribution < -0.4 is 0 Å². The zero-order valence-corrected chi connectivity index (χ0v) is 15.6. The van der Waals surface area contributed by atoms with Crippen LogP contribution >= 0.6 is 0 Å². The molecule has 0 radical (unpaired) electrons. The summed E-state index contributed by atoms with van der Waals surface area (Å²) in [6.07, 6.45) is -3.76. The molecule has 0 aromatic rings. The van der Waals surface area contributed by atoms with Crippen LogP contribution in [0.15, 0.2) is 0 Å². The first-order valence-electron chi connectivity index (χ1n) is 9.55. The lowest BCUT2D eigenvalue weighted by Gasteiger charge is -2.66. The Hall–Kier alpha value is -0.610. The molecule has 150 valence electrons. The third kappa shape index (κ3) is 3.01. The summed E-state index contributed by atoms with van der Waals surface area (Å²) < 4.78 is 0. The average Bonchev–Trinajstić information content (AvgIpc) is 2.61. The highest BCUT2D eigenvalue weighted by atomic mass is 16.4. The highest BCUT2D eigenvalue weighted by Gasteiger charge is 2.64. The Labute approximate surface area is 154 Å². The summed E-state index contributed by atoms with van der Waals surface area (Å²) >= 11 is 0. The first-order chi connectivity index (χ1) is 12.2. The maximum absolute atomic E-state index is 13.1. The summed E-state index contributed by atoms with van der Waals surface area (Å²) in [5.41, 5.74) is -0.902. The Morgan fingerprint density at radius 3 is 2.15 bits per heavy atom. The summed E-state index contributed by atoms with van der Waals surface area (Å²) in [4.78, 5) is 17.2. The van der Waals surface area contributed by atoms with Crippen LogP contribution in [-0.4, -0.2) is 104 Å². The summed E-state index contributed by atoms with van der Waals surface area (Å²) in [7, 11) is 0. The van der Waals surface area contributed by atoms with Crippen molar-refractivity contribution in [1.29, 1.82) is 0 Å². The molecule has 4 heterocycles. The van der Waals surface area contributed by atoms with Crippen LogP contribution in [0.25, 0.3) is 0 Å². The van der Waals surface area contributed by atoms with Gasteiger partial charge < -0.3 is 25.5 Å². The minimum Gasteiger partial charge on any atom is -0.394 e. The summed E-state index contributed by atoms with van der Waals surface area (Å²) in [5.74, 6) is 0.315. The molecule has 4 rings (SSSR count). The van der Waals surface area contributed by atoms with Gasteiger partial charge in [-0.15, -0.1) is 0 Å². The molecule has 8 nitrogen and oxygen atoms in total. The van der Waals surface area contributed by atoms with E-state index in [1.807, 2.05) is 16.7 Å². The molecule has 0 aromatic heterocycles. The average molecular weight is 372 g/mol. The van der Waals surface area contributed by atoms with Crippen LogP contribution in [-0.2, 0) is 4.79 Å². The zero-order valence-electron chi connectivity index (χ0n) is 15.6. The highest BCUT2D eigenvalue weighted by Crippen LogP contribution is 2.51. The van der Waals surface area contributed by atoms with Gasteiger partial charge in [0.1, 0.15) is 30.2 Å². The second-order valence-electron chi connectivity index (χ2n) is 8.72. The number of piperidine rings is 2. The fourth-order valence-corrected chi connectivity index (χ4v) is 5.35. The normalized spacial score (nSPS) is 43.3. The standard InChI is InChI=1S/C18H32N2O6/c1-3-4-5-18-9-19-7-17(2,16(18)26)8-20(10-18)15(19)14(25)13(24)12(23)11(22)6-21/h11-15,21-25H,3-10H2,1-2H3/t11-,12+,13-,14-,15?,17?,18?/m1/s1. The van der Waals surface area contributed by atoms with Crippen molar-refractivity contribution in [2.45, 2.75) is 63.7 Å². The molecule has 4 aliphatic rings. The molecular formula is C18H32N2O6. The second kappa shape index (κ2) is 7.09. The van der Waals surface area contributed by atoms with Crippen LogP contribution in [0, 0.1) is 10.8 Å². The lowest BCUT2D eigenvalue weighted by molar-refractivity contribution is -0.231. The third-order valence-electron chi connectivity index (χ3n) is 6.49. The summed E-state index contributed by atoms with van der Waals surface area (Å²) in [6.45, 7) is 5.50. The van der Waals surface area contributed by atoms with E-state index in [-0.39, 0.29) is 0 Å². The van der Waals surface area contributed by atoms with Gasteiger partial charge in [-0.05, 0) is 6.42 Å². The van der Waals surface area contributed by atoms with Gasteiger partial charge in [-0.3, -0.25) is 14.6 Å². The molecule has 0 aromatic carbocycles. The van der Waals surface area contributed by atoms with E-state index in [0.717, 1.165) is 19.3 Å². The van der Waals surface area contributed by atoms with Crippen molar-refractivity contribution >= 4 is 5.78 Å². The predicted molar refractivity (Wildman–Crippen MR) is 93.1 cm³/mol. The highest BCUT2D eigenvalue weighted by molar-refractivity contribution is 5.93. The summed E-state index contributed by atoms with van der Waals surface area (Å²) in [5, 5.41) is 49.5. The first-order valence-corrected chi connectivity index (χ1v) is 9.55. The molecule has 4 fully saturated rings. The molecule has 4 saturated heterocycles. The van der Waals surface area contributed by atoms with Crippen LogP contribution in [0.4, 0.5) is 0 Å². The van der Waals surface area contributed by atoms with Gasteiger partial charge in [-0.2, -0.15) is 0 Å². The quantitative estimate of drug-likeness (QED) is 0.336. The number of carbonyl (C=O) groups is 1. The minimum atomic E-state index is -1.64. The van der Waals surface area contributed by atoms with Crippen molar-refractivity contribution in [2.24, 2.45) is 10.8 Å². The van der Waals surface area contributed by atoms with Gasteiger partial charge >= 0.3 is 0 Å². The van der Waals surface area contributed by atoms with Crippen molar-refractivity contribution < 1.29 is 30.3 Å². The molecule has 0 aliphatic carbocycles. The molecule has 0 spiro atoms. The largest absolute Gasteiger partial charge is 0.394 e. The molecule has 4 bridgehead atoms. The van der Waals surface area contributed by atoms with Gasteiger partial charge in [0.05, 0.1) is 23.6 Å². The molecular weight excluding hydrogens is 340 g/mol. The molecule has 0 saturated carbocycles. The number of hydrogen-bond donors (Lipinski definition) is 5. The number of hydrogen-bond acceptors (Lipinski definition) is 8. The van der Waals surface area contributed by atoms with Crippen molar-refractivity contribution in [1.82, 2.24) is 9.80 Å². The van der Waals surface area contributed by atoms with E-state index in [0.29, 0.717) is 32.0 Å². The van der Waals surface area contributed by atoms with Crippen molar-refractivity contribution in [3.63, 3.8) is 0 Å². The fourth-order valence-electron chi connectivity index (χ4n) is 5.35. The van der Waals surface area contributed by atoms with Gasteiger partial charge in [0, 0.05) is 26.2 Å². The van der Waals surface area contributed by atoms with E-state index in [9.17, 15) is 25.2 Å². The maximum Gasteiger partial charge on any atom is 0.150 e. The number of aliphatic hydroxyl groups excluding tert-OH is 5. The number of Topliss-reactive ketones (excluding diaryl/α,β-unsaturated/α-hetero) is 1. The SMILES string of the molecule is CCCCC12CN3CC(C)(CN(C1)C3[C@H](O)[C@H](O)[C@@H](O)[C@H](O)CO)C2=O. The minimum absolute atomic E-state index is 0.315. The van der Waals surface area contributed by atoms with Crippen LogP contribution in [0.3, 0.4) is 0 Å². The van der Waals surface area contributed by atoms with Gasteiger partial charge in [0.15, 0.2) is 0 Å². The van der Waals surface area contributed by atoms with Crippen molar-refractivity contribution in [3.8, 4) is 0 Å². The Kier molecular flexibility index (Phi) is 5.49. The Morgan fingerprint density at radius 1 is 1.08 bits per heavy atom. The van der Waals surface area contributed by atoms with Crippen molar-refractivity contribution in [3.05, 3.63) is 0 Å². The molecule has 6 atom stereocenters. The van der Waals surface area contributed by atoms with Gasteiger partial charge in [-0.25, -0.2) is 0 Å². The Bertz CT molecular complexity index is 528. The number of unbranched alkanes of at least 4 members (excludes halogenated alkanes) is 1. The number of carbonyl (C=O) groups excluding carboxylic acids is 1. The Balaban J connectivity index is 1.81. The fraction of sp³-hybridized carbons (Fsp3) is 0.944. The summed E-state index contributed by atoms with van der Waals surface area (Å²) in [6, 6.07) is 0. The lowest BCUT2D eigenvalue weighted by Crippen LogP contribution is -2.81. The molecule has 4 aliphatic heterocycles. The van der Waals surface area contributed by atoms with Gasteiger partial charge in [0.25, 0.3) is 0 Å². The van der Waals surface area contributed by atoms with Crippen LogP contribution in [0.1, 0.15) is 33.1 Å². The zero-order chi connectivity index (χ0) is 19.3. The van der Waals surface area contributed by atoms with Crippen LogP contribution in [0.2, 0.25) is 0 Å². The van der Waals surface area contributed by atoms with Gasteiger partial charge in [0.2, 0.25) is 0 Å². The molecule has 5 N–H and O–H groups in total. The Morgan fingerprint density at radius 2 is 1.65 bits per heavy atom. The monoisotopic (exact) mass is 372 g/mol. The number of aliphatic hydroxyl groups is 5. The van der Waals surface area contributed by atoms with Crippen LogP contribution in [0.5, 0.6) is 0 Å². The van der Waals surface area contributed by atoms with E-state index in [4.69, 9.17) is 5.11 Å². The van der Waals surface area contributed by atoms with Gasteiger partial charge in [-0.1, -0.05) is 26.7 Å². The van der Waals surface area contributed by atoms with Crippen molar-refractivity contribution in [2.75, 3.05) is 32.8 Å². The van der Waals surface area contributed by atoms with E-state index in [2.05, 4.69) is 6.92 Å². The first kappa shape index (κ1) is 20.1. The van der Waals surface area contributed by atoms with E-state index in [1.54, 1.807) is 0 Å². The van der Waals surface area contributed by atoms with E-state index >= 15 is 0 Å². The number of rotatable bonds is 8. The van der Waals surface area contributed by atoms with E-state index in [1.165, 1.54) is 0 Å². The molecule has 26 heavy (non-hydrogen) atoms. The second-order valence-corrected chi connectivity index (χ2v) is 8.72. The molecule has 0 amide bonds. The number of nitrogens with zero attached hydrogens (tertiary/aromatic N) is 2. The maximum atomic E-state index is 13.1. The predicted octanol–water partition coefficient (Wildman–Crippen LogP) is -1.85. The smallest absolute Gasteiger partial charge is 0.150 e. The number of ketones is 1. The molecule has 2 unspecified atom stereocenters.